The Hall–Kier alpha value is -4.96. The van der Waals surface area contributed by atoms with Gasteiger partial charge in [0.05, 0.1) is 17.8 Å². The number of nitrogens with zero attached hydrogens (tertiary/aromatic N) is 3. The fourth-order valence-electron chi connectivity index (χ4n) is 5.78. The second-order valence-corrected chi connectivity index (χ2v) is 13.2. The molecule has 0 bridgehead atoms. The Morgan fingerprint density at radius 1 is 0.811 bits per heavy atom. The lowest BCUT2D eigenvalue weighted by molar-refractivity contribution is -0.127. The monoisotopic (exact) mass is 759 g/mol. The molecule has 0 atom stereocenters. The smallest absolute Gasteiger partial charge is 0.246 e. The number of halogens is 4. The van der Waals surface area contributed by atoms with Gasteiger partial charge in [-0.3, -0.25) is 9.69 Å². The Kier molecular flexibility index (Phi) is 13.8. The van der Waals surface area contributed by atoms with Gasteiger partial charge in [0, 0.05) is 51.3 Å². The van der Waals surface area contributed by atoms with Crippen molar-refractivity contribution in [3.05, 3.63) is 153 Å². The summed E-state index contributed by atoms with van der Waals surface area (Å²) in [6.45, 7) is 8.04. The summed E-state index contributed by atoms with van der Waals surface area (Å²) < 4.78 is 44.3. The number of ether oxygens (including phenoxy) is 3. The maximum Gasteiger partial charge on any atom is 0.246 e. The molecule has 1 aliphatic heterocycles. The van der Waals surface area contributed by atoms with Crippen molar-refractivity contribution in [2.45, 2.75) is 33.4 Å². The van der Waals surface area contributed by atoms with Crippen LogP contribution in [0.2, 0.25) is 5.02 Å². The van der Waals surface area contributed by atoms with E-state index in [0.29, 0.717) is 53.4 Å². The minimum absolute atomic E-state index is 0. The second-order valence-electron chi connectivity index (χ2n) is 12.8. The van der Waals surface area contributed by atoms with Crippen molar-refractivity contribution < 1.29 is 27.8 Å². The molecule has 1 saturated heterocycles. The van der Waals surface area contributed by atoms with E-state index in [2.05, 4.69) is 34.1 Å². The molecule has 1 aliphatic rings. The first-order chi connectivity index (χ1) is 25.2. The van der Waals surface area contributed by atoms with Crippen molar-refractivity contribution in [2.75, 3.05) is 32.8 Å². The summed E-state index contributed by atoms with van der Waals surface area (Å²) >= 11 is 6.60. The minimum Gasteiger partial charge on any atom is -0.493 e. The van der Waals surface area contributed by atoms with Crippen molar-refractivity contribution in [2.24, 2.45) is 0 Å². The van der Waals surface area contributed by atoms with Gasteiger partial charge in [0.2, 0.25) is 11.8 Å². The number of aryl methyl sites for hydroxylation is 2. The van der Waals surface area contributed by atoms with E-state index < -0.39 is 0 Å². The number of piperazine rings is 1. The number of amides is 1. The molecule has 0 radical (unpaired) electrons. The Morgan fingerprint density at radius 3 is 2.19 bits per heavy atom. The largest absolute Gasteiger partial charge is 0.493 e. The maximum absolute atomic E-state index is 13.8. The number of aromatic nitrogens is 1. The summed E-state index contributed by atoms with van der Waals surface area (Å²) in [6, 6.07) is 26.6. The molecule has 0 unspecified atom stereocenters. The molecule has 11 heteroatoms. The molecular formula is C42H41Cl2F2N3O4. The number of rotatable bonds is 13. The van der Waals surface area contributed by atoms with Crippen molar-refractivity contribution in [3.63, 3.8) is 0 Å². The van der Waals surface area contributed by atoms with Gasteiger partial charge in [0.1, 0.15) is 29.7 Å². The van der Waals surface area contributed by atoms with Gasteiger partial charge >= 0.3 is 0 Å². The Morgan fingerprint density at radius 2 is 1.51 bits per heavy atom. The molecule has 0 aliphatic carbocycles. The summed E-state index contributed by atoms with van der Waals surface area (Å²) in [4.78, 5) is 21.6. The quantitative estimate of drug-likeness (QED) is 0.112. The Bertz CT molecular complexity index is 1980. The third-order valence-electron chi connectivity index (χ3n) is 8.81. The summed E-state index contributed by atoms with van der Waals surface area (Å²) in [7, 11) is 0. The van der Waals surface area contributed by atoms with E-state index >= 15 is 0 Å². The molecule has 7 nitrogen and oxygen atoms in total. The first-order valence-corrected chi connectivity index (χ1v) is 17.5. The van der Waals surface area contributed by atoms with Crippen LogP contribution in [0.4, 0.5) is 8.78 Å². The molecule has 5 aromatic rings. The van der Waals surface area contributed by atoms with Gasteiger partial charge in [0.25, 0.3) is 0 Å². The van der Waals surface area contributed by atoms with Gasteiger partial charge in [-0.15, -0.1) is 12.4 Å². The molecule has 4 aromatic carbocycles. The van der Waals surface area contributed by atoms with Gasteiger partial charge < -0.3 is 19.1 Å². The van der Waals surface area contributed by atoms with E-state index in [-0.39, 0.29) is 36.6 Å². The zero-order valence-electron chi connectivity index (χ0n) is 29.6. The van der Waals surface area contributed by atoms with Crippen LogP contribution in [0, 0.1) is 25.5 Å². The number of pyridine rings is 1. The van der Waals surface area contributed by atoms with E-state index in [4.69, 9.17) is 25.8 Å². The molecule has 53 heavy (non-hydrogen) atoms. The van der Waals surface area contributed by atoms with E-state index in [0.717, 1.165) is 42.7 Å². The molecule has 1 amide bonds. The predicted molar refractivity (Wildman–Crippen MR) is 206 cm³/mol. The van der Waals surface area contributed by atoms with Crippen LogP contribution in [0.15, 0.2) is 103 Å². The lowest BCUT2D eigenvalue weighted by Crippen LogP contribution is -2.47. The highest BCUT2D eigenvalue weighted by atomic mass is 35.5. The summed E-state index contributed by atoms with van der Waals surface area (Å²) in [5, 5.41) is 0.399. The fraction of sp³-hybridized carbons (Fsp3) is 0.238. The Labute approximate surface area is 320 Å². The van der Waals surface area contributed by atoms with Crippen molar-refractivity contribution in [1.82, 2.24) is 14.8 Å². The standard InChI is InChI=1S/C42H40ClF2N3O4.ClH/c1-29-3-4-34(25-39(29)45)28-51-37-14-15-40(46-26-37)52-42-30(2)23-33(24-38(42)43)9-16-41(49)48-20-18-47(19-21-48)27-32-7-5-31(6-8-32)17-22-50-36-12-10-35(44)11-13-36;/h3-16,23-26H,17-22,27-28H2,1-2H3;1H. The number of benzene rings is 4. The maximum atomic E-state index is 13.8. The van der Waals surface area contributed by atoms with Crippen LogP contribution in [-0.2, 0) is 24.4 Å². The molecule has 0 spiro atoms. The lowest BCUT2D eigenvalue weighted by Gasteiger charge is -2.34. The first kappa shape index (κ1) is 39.3. The normalized spacial score (nSPS) is 13.1. The van der Waals surface area contributed by atoms with E-state index in [1.807, 2.05) is 24.0 Å². The van der Waals surface area contributed by atoms with Gasteiger partial charge in [0.15, 0.2) is 5.75 Å². The van der Waals surface area contributed by atoms with Crippen LogP contribution in [-0.4, -0.2) is 53.5 Å². The molecule has 6 rings (SSSR count). The van der Waals surface area contributed by atoms with Crippen LogP contribution in [0.25, 0.3) is 6.08 Å². The SMILES string of the molecule is Cc1ccc(COc2ccc(Oc3c(C)cc(C=CC(=O)N4CCN(Cc5ccc(CCOc6ccc(F)cc6)cc5)CC4)cc3Cl)nc2)cc1F.Cl. The summed E-state index contributed by atoms with van der Waals surface area (Å²) in [5.41, 5.74) is 5.29. The average molecular weight is 761 g/mol. The third-order valence-corrected chi connectivity index (χ3v) is 9.09. The fourth-order valence-corrected chi connectivity index (χ4v) is 6.09. The number of hydrogen-bond donors (Lipinski definition) is 0. The molecule has 0 N–H and O–H groups in total. The number of carbonyl (C=O) groups is 1. The highest BCUT2D eigenvalue weighted by Crippen LogP contribution is 2.34. The van der Waals surface area contributed by atoms with Crippen LogP contribution < -0.4 is 14.2 Å². The summed E-state index contributed by atoms with van der Waals surface area (Å²) in [5.74, 6) is 1.42. The topological polar surface area (TPSA) is 64.1 Å². The minimum atomic E-state index is -0.277. The molecule has 1 aromatic heterocycles. The second kappa shape index (κ2) is 18.7. The van der Waals surface area contributed by atoms with Crippen LogP contribution in [0.3, 0.4) is 0 Å². The molecule has 276 valence electrons. The van der Waals surface area contributed by atoms with E-state index in [9.17, 15) is 13.6 Å². The van der Waals surface area contributed by atoms with Crippen molar-refractivity contribution >= 4 is 36.0 Å². The van der Waals surface area contributed by atoms with Crippen LogP contribution in [0.5, 0.6) is 23.1 Å². The van der Waals surface area contributed by atoms with Crippen LogP contribution >= 0.6 is 24.0 Å². The number of hydrogen-bond acceptors (Lipinski definition) is 6. The third kappa shape index (κ3) is 11.3. The Balaban J connectivity index is 0.00000541. The first-order valence-electron chi connectivity index (χ1n) is 17.2. The zero-order chi connectivity index (χ0) is 36.5. The lowest BCUT2D eigenvalue weighted by atomic mass is 10.1. The van der Waals surface area contributed by atoms with Gasteiger partial charge in [-0.1, -0.05) is 48.0 Å². The van der Waals surface area contributed by atoms with E-state index in [1.165, 1.54) is 29.3 Å². The van der Waals surface area contributed by atoms with Gasteiger partial charge in [-0.25, -0.2) is 13.8 Å². The average Bonchev–Trinajstić information content (AvgIpc) is 3.15. The molecule has 2 heterocycles. The van der Waals surface area contributed by atoms with Crippen molar-refractivity contribution in [1.29, 1.82) is 0 Å². The molecular weight excluding hydrogens is 719 g/mol. The van der Waals surface area contributed by atoms with Gasteiger partial charge in [-0.2, -0.15) is 0 Å². The predicted octanol–water partition coefficient (Wildman–Crippen LogP) is 9.40. The van der Waals surface area contributed by atoms with Crippen LogP contribution in [0.1, 0.15) is 33.4 Å². The highest BCUT2D eigenvalue weighted by Gasteiger charge is 2.20. The van der Waals surface area contributed by atoms with Crippen molar-refractivity contribution in [3.8, 4) is 23.1 Å². The molecule has 0 saturated carbocycles. The molecule has 1 fully saturated rings. The van der Waals surface area contributed by atoms with E-state index in [1.54, 1.807) is 61.7 Å². The zero-order valence-corrected chi connectivity index (χ0v) is 31.1. The highest BCUT2D eigenvalue weighted by molar-refractivity contribution is 6.32. The number of carbonyl (C=O) groups excluding carboxylic acids is 1. The van der Waals surface area contributed by atoms with Gasteiger partial charge in [-0.05, 0) is 102 Å². The summed E-state index contributed by atoms with van der Waals surface area (Å²) in [6.07, 6.45) is 5.67.